The number of carbonyl (C=O) groups is 1. The maximum atomic E-state index is 13.7. The molecule has 0 bridgehead atoms. The van der Waals surface area contributed by atoms with Gasteiger partial charge in [0.25, 0.3) is 5.91 Å². The van der Waals surface area contributed by atoms with E-state index < -0.39 is 0 Å². The van der Waals surface area contributed by atoms with Crippen LogP contribution >= 0.6 is 0 Å². The van der Waals surface area contributed by atoms with Gasteiger partial charge in [0.05, 0.1) is 17.6 Å². The number of hydrogen-bond acceptors (Lipinski definition) is 5. The summed E-state index contributed by atoms with van der Waals surface area (Å²) in [4.78, 5) is 25.5. The molecule has 7 heteroatoms. The van der Waals surface area contributed by atoms with Crippen LogP contribution in [0, 0.1) is 0 Å². The molecular weight excluding hydrogens is 596 g/mol. The molecule has 0 saturated carbocycles. The molecule has 258 valence electrons. The highest BCUT2D eigenvalue weighted by Crippen LogP contribution is 2.39. The van der Waals surface area contributed by atoms with Gasteiger partial charge in [-0.25, -0.2) is 4.57 Å². The van der Waals surface area contributed by atoms with Crippen molar-refractivity contribution >= 4 is 18.3 Å². The fourth-order valence-corrected chi connectivity index (χ4v) is 5.93. The van der Waals surface area contributed by atoms with Crippen molar-refractivity contribution in [2.24, 2.45) is 17.0 Å². The number of amides is 1. The molecule has 1 amide bonds. The van der Waals surface area contributed by atoms with Crippen molar-refractivity contribution in [3.63, 3.8) is 0 Å². The van der Waals surface area contributed by atoms with E-state index in [0.717, 1.165) is 22.3 Å². The third-order valence-corrected chi connectivity index (χ3v) is 9.21. The largest absolute Gasteiger partial charge is 0.507 e. The second kappa shape index (κ2) is 13.1. The quantitative estimate of drug-likeness (QED) is 0.220. The lowest BCUT2D eigenvalue weighted by molar-refractivity contribution is -0.671. The molecule has 2 atom stereocenters. The Morgan fingerprint density at radius 3 is 1.40 bits per heavy atom. The summed E-state index contributed by atoms with van der Waals surface area (Å²) in [6.45, 7) is 26.3. The van der Waals surface area contributed by atoms with Gasteiger partial charge in [0.2, 0.25) is 0 Å². The van der Waals surface area contributed by atoms with E-state index in [1.807, 2.05) is 48.3 Å². The topological polar surface area (TPSA) is 89.4 Å². The first-order valence-electron chi connectivity index (χ1n) is 17.0. The molecule has 7 nitrogen and oxygen atoms in total. The monoisotopic (exact) mass is 653 g/mol. The van der Waals surface area contributed by atoms with Crippen molar-refractivity contribution in [3.8, 4) is 11.5 Å². The zero-order chi connectivity index (χ0) is 36.0. The molecular formula is C41H57N4O3+. The summed E-state index contributed by atoms with van der Waals surface area (Å²) < 4.78 is 1.90. The lowest BCUT2D eigenvalue weighted by Gasteiger charge is -2.27. The number of likely N-dealkylation sites (tertiary alicyclic amines) is 1. The molecule has 1 fully saturated rings. The minimum absolute atomic E-state index is 0.0753. The number of hydrogen-bond donors (Lipinski definition) is 2. The Labute approximate surface area is 288 Å². The van der Waals surface area contributed by atoms with Crippen molar-refractivity contribution in [1.82, 2.24) is 4.90 Å². The van der Waals surface area contributed by atoms with Crippen LogP contribution in [-0.2, 0) is 28.7 Å². The summed E-state index contributed by atoms with van der Waals surface area (Å²) in [6, 6.07) is 11.2. The van der Waals surface area contributed by atoms with Gasteiger partial charge in [0.15, 0.2) is 12.4 Å². The summed E-state index contributed by atoms with van der Waals surface area (Å²) in [5.74, 6) is 0.371. The Morgan fingerprint density at radius 2 is 1.06 bits per heavy atom. The molecule has 1 aromatic heterocycles. The van der Waals surface area contributed by atoms with Crippen molar-refractivity contribution in [3.05, 3.63) is 87.7 Å². The number of pyridine rings is 1. The van der Waals surface area contributed by atoms with Crippen molar-refractivity contribution in [2.75, 3.05) is 13.1 Å². The Morgan fingerprint density at radius 1 is 0.688 bits per heavy atom. The summed E-state index contributed by atoms with van der Waals surface area (Å²) in [6.07, 6.45) is 7.23. The van der Waals surface area contributed by atoms with Gasteiger partial charge in [-0.3, -0.25) is 14.8 Å². The van der Waals surface area contributed by atoms with E-state index in [1.165, 1.54) is 0 Å². The van der Waals surface area contributed by atoms with Gasteiger partial charge in [-0.05, 0) is 44.9 Å². The summed E-state index contributed by atoms with van der Waals surface area (Å²) in [5.41, 5.74) is 5.11. The fraction of sp³-hybridized carbons (Fsp3) is 0.512. The number of aromatic nitrogens is 1. The van der Waals surface area contributed by atoms with E-state index in [9.17, 15) is 15.0 Å². The second-order valence-corrected chi connectivity index (χ2v) is 17.6. The predicted octanol–water partition coefficient (Wildman–Crippen LogP) is 7.54. The number of aryl methyl sites for hydroxylation is 1. The highest BCUT2D eigenvalue weighted by Gasteiger charge is 2.36. The molecule has 0 radical (unpaired) electrons. The molecule has 4 rings (SSSR count). The molecule has 2 N–H and O–H groups in total. The Kier molecular flexibility index (Phi) is 10.1. The van der Waals surface area contributed by atoms with E-state index in [0.29, 0.717) is 29.8 Å². The van der Waals surface area contributed by atoms with Crippen LogP contribution in [0.1, 0.15) is 127 Å². The first-order chi connectivity index (χ1) is 22.0. The number of aromatic hydroxyl groups is 2. The predicted molar refractivity (Wildman–Crippen MR) is 197 cm³/mol. The molecule has 48 heavy (non-hydrogen) atoms. The van der Waals surface area contributed by atoms with Gasteiger partial charge in [0, 0.05) is 59.9 Å². The summed E-state index contributed by atoms with van der Waals surface area (Å²) in [5, 5.41) is 22.8. The van der Waals surface area contributed by atoms with Crippen LogP contribution in [0.4, 0.5) is 0 Å². The van der Waals surface area contributed by atoms with Gasteiger partial charge in [0.1, 0.15) is 18.5 Å². The third-order valence-electron chi connectivity index (χ3n) is 9.21. The normalized spacial score (nSPS) is 18.0. The highest BCUT2D eigenvalue weighted by molar-refractivity contribution is 5.94. The van der Waals surface area contributed by atoms with Crippen LogP contribution in [0.25, 0.3) is 0 Å². The number of phenols is 2. The van der Waals surface area contributed by atoms with Crippen LogP contribution in [-0.4, -0.2) is 58.6 Å². The molecule has 0 unspecified atom stereocenters. The van der Waals surface area contributed by atoms with Gasteiger partial charge in [-0.15, -0.1) is 0 Å². The van der Waals surface area contributed by atoms with Crippen molar-refractivity contribution < 1.29 is 19.6 Å². The number of rotatable bonds is 5. The van der Waals surface area contributed by atoms with Crippen molar-refractivity contribution in [1.29, 1.82) is 0 Å². The van der Waals surface area contributed by atoms with Crippen LogP contribution in [0.2, 0.25) is 0 Å². The average Bonchev–Trinajstić information content (AvgIpc) is 3.36. The molecule has 1 saturated heterocycles. The fourth-order valence-electron chi connectivity index (χ4n) is 5.93. The molecule has 2 aromatic carbocycles. The molecule has 3 aromatic rings. The zero-order valence-corrected chi connectivity index (χ0v) is 31.4. The zero-order valence-electron chi connectivity index (χ0n) is 31.4. The number of nitrogens with zero attached hydrogens (tertiary/aromatic N) is 4. The minimum Gasteiger partial charge on any atom is -0.507 e. The van der Waals surface area contributed by atoms with Crippen LogP contribution < -0.4 is 4.57 Å². The van der Waals surface area contributed by atoms with Gasteiger partial charge in [-0.2, -0.15) is 0 Å². The Balaban J connectivity index is 1.79. The summed E-state index contributed by atoms with van der Waals surface area (Å²) >= 11 is 0. The average molecular weight is 654 g/mol. The SMILES string of the molecule is C[n+]1ccc(C(=O)N2C[C@@H](N=Cc3cc(C(C)(C)C)cc(C(C)(C)C)c3O)[C@H](N=Cc3cc(C(C)(C)C)cc(C(C)(C)C)c3O)C2)cc1. The number of carbonyl (C=O) groups excluding carboxylic acids is 1. The number of benzene rings is 2. The first kappa shape index (κ1) is 36.8. The molecule has 2 heterocycles. The van der Waals surface area contributed by atoms with Crippen molar-refractivity contribution in [2.45, 2.75) is 117 Å². The van der Waals surface area contributed by atoms with E-state index in [4.69, 9.17) is 9.98 Å². The van der Waals surface area contributed by atoms with Gasteiger partial charge < -0.3 is 15.1 Å². The Hall–Kier alpha value is -4.00. The van der Waals surface area contributed by atoms with Crippen LogP contribution in [0.3, 0.4) is 0 Å². The maximum absolute atomic E-state index is 13.7. The smallest absolute Gasteiger partial charge is 0.254 e. The highest BCUT2D eigenvalue weighted by atomic mass is 16.3. The van der Waals surface area contributed by atoms with Gasteiger partial charge >= 0.3 is 0 Å². The lowest BCUT2D eigenvalue weighted by Crippen LogP contribution is -2.31. The van der Waals surface area contributed by atoms with Crippen LogP contribution in [0.15, 0.2) is 58.8 Å². The molecule has 1 aliphatic heterocycles. The summed E-state index contributed by atoms with van der Waals surface area (Å²) in [7, 11) is 1.92. The first-order valence-corrected chi connectivity index (χ1v) is 17.0. The number of aliphatic imine (C=N–C) groups is 2. The van der Waals surface area contributed by atoms with E-state index in [2.05, 4.69) is 95.2 Å². The number of phenolic OH excluding ortho intramolecular Hbond substituents is 2. The van der Waals surface area contributed by atoms with Crippen LogP contribution in [0.5, 0.6) is 11.5 Å². The van der Waals surface area contributed by atoms with E-state index in [1.54, 1.807) is 17.3 Å². The maximum Gasteiger partial charge on any atom is 0.254 e. The molecule has 0 spiro atoms. The standard InChI is InChI=1S/C41H56N4O3/c1-38(2,3)29-18-27(35(46)31(20-29)40(7,8)9)22-42-33-24-45(37(48)26-14-16-44(13)17-15-26)25-34(33)43-23-28-19-30(39(4,5)6)21-32(36(28)47)41(10,11)12/h14-23,33-34H,24-25H2,1-13H3,(H-,42,43,46,47)/p+1/t33-,34-/m1/s1. The minimum atomic E-state index is -0.351. The van der Waals surface area contributed by atoms with E-state index in [-0.39, 0.29) is 51.1 Å². The third kappa shape index (κ3) is 8.34. The lowest BCUT2D eigenvalue weighted by atomic mass is 9.79. The molecule has 1 aliphatic rings. The second-order valence-electron chi connectivity index (χ2n) is 17.6. The van der Waals surface area contributed by atoms with Gasteiger partial charge in [-0.1, -0.05) is 95.2 Å². The van der Waals surface area contributed by atoms with E-state index >= 15 is 0 Å². The Bertz CT molecular complexity index is 1610. The molecule has 0 aliphatic carbocycles.